The van der Waals surface area contributed by atoms with Crippen LogP contribution in [0.1, 0.15) is 43.2 Å². The minimum absolute atomic E-state index is 0.127. The lowest BCUT2D eigenvalue weighted by Gasteiger charge is -2.39. The molecule has 1 aromatic heterocycles. The maximum absolute atomic E-state index is 12.3. The van der Waals surface area contributed by atoms with E-state index in [9.17, 15) is 4.79 Å². The predicted octanol–water partition coefficient (Wildman–Crippen LogP) is 2.00. The molecule has 1 aliphatic rings. The Hall–Kier alpha value is -1.78. The quantitative estimate of drug-likeness (QED) is 0.835. The van der Waals surface area contributed by atoms with E-state index in [-0.39, 0.29) is 4.90 Å². The van der Waals surface area contributed by atoms with Crippen molar-refractivity contribution in [3.8, 4) is 0 Å². The van der Waals surface area contributed by atoms with E-state index >= 15 is 0 Å². The molecule has 0 saturated carbocycles. The SMILES string of the molecule is [2H]c1nc([2H])c(C2([2H])C([2H])([2H])N(C(=O)OC(C)(C)C)C2([2H])[2H])c([2H])c1N. The van der Waals surface area contributed by atoms with E-state index < -0.39 is 60.2 Å². The molecule has 0 unspecified atom stereocenters. The summed E-state index contributed by atoms with van der Waals surface area (Å²) >= 11 is 0. The van der Waals surface area contributed by atoms with Crippen LogP contribution in [-0.4, -0.2) is 34.6 Å². The molecule has 1 aromatic rings. The third kappa shape index (κ3) is 2.91. The van der Waals surface area contributed by atoms with Crippen molar-refractivity contribution >= 4 is 11.8 Å². The third-order valence-electron chi connectivity index (χ3n) is 1.88. The minimum Gasteiger partial charge on any atom is -0.444 e. The van der Waals surface area contributed by atoms with Crippen molar-refractivity contribution in [3.05, 3.63) is 24.0 Å². The van der Waals surface area contributed by atoms with Gasteiger partial charge in [-0.2, -0.15) is 0 Å². The molecule has 0 aliphatic carbocycles. The topological polar surface area (TPSA) is 68.5 Å². The Kier molecular flexibility index (Phi) is 1.47. The molecular weight excluding hydrogens is 230 g/mol. The summed E-state index contributed by atoms with van der Waals surface area (Å²) in [4.78, 5) is 15.8. The Morgan fingerprint density at radius 3 is 2.94 bits per heavy atom. The molecule has 0 atom stereocenters. The number of hydrogen-bond acceptors (Lipinski definition) is 4. The number of rotatable bonds is 1. The lowest BCUT2D eigenvalue weighted by atomic mass is 9.93. The van der Waals surface area contributed by atoms with Crippen molar-refractivity contribution in [2.45, 2.75) is 32.3 Å². The number of carbonyl (C=O) groups is 1. The first kappa shape index (κ1) is 5.91. The maximum atomic E-state index is 12.3. The summed E-state index contributed by atoms with van der Waals surface area (Å²) in [6, 6.07) is -0.735. The highest BCUT2D eigenvalue weighted by molar-refractivity contribution is 5.69. The second-order valence-electron chi connectivity index (χ2n) is 4.66. The number of aromatic nitrogens is 1. The van der Waals surface area contributed by atoms with E-state index in [0.717, 1.165) is 0 Å². The first-order chi connectivity index (χ1) is 11.5. The van der Waals surface area contributed by atoms with E-state index in [1.165, 1.54) is 20.8 Å². The van der Waals surface area contributed by atoms with Crippen molar-refractivity contribution in [2.24, 2.45) is 0 Å². The Labute approximate surface area is 118 Å². The Bertz CT molecular complexity index is 762. The summed E-state index contributed by atoms with van der Waals surface area (Å²) in [7, 11) is 0. The zero-order valence-electron chi connectivity index (χ0n) is 18.3. The van der Waals surface area contributed by atoms with Crippen LogP contribution in [-0.2, 0) is 4.74 Å². The number of nitrogens with two attached hydrogens (primary N) is 1. The molecule has 1 fully saturated rings. The van der Waals surface area contributed by atoms with Gasteiger partial charge in [0.2, 0.25) is 0 Å². The number of ether oxygens (including phenoxy) is 1. The molecule has 2 heterocycles. The largest absolute Gasteiger partial charge is 0.444 e. The number of nitrogen functional groups attached to an aromatic ring is 1. The van der Waals surface area contributed by atoms with E-state index in [4.69, 9.17) is 21.4 Å². The van der Waals surface area contributed by atoms with Crippen molar-refractivity contribution in [1.82, 2.24) is 9.88 Å². The van der Waals surface area contributed by atoms with Gasteiger partial charge in [-0.3, -0.25) is 4.98 Å². The first-order valence-electron chi connectivity index (χ1n) is 9.27. The van der Waals surface area contributed by atoms with E-state index in [0.29, 0.717) is 0 Å². The average molecular weight is 257 g/mol. The standard InChI is InChI=1S/C13H19N3O2/c1-13(2,3)18-12(17)16-7-10(8-16)9-4-11(14)6-15-5-9/h4-6,10H,7-8,14H2,1-3H3/i4D,5D,6D,7D2,8D2,10D. The molecule has 0 aromatic carbocycles. The molecule has 1 amide bonds. The van der Waals surface area contributed by atoms with Crippen molar-refractivity contribution in [2.75, 3.05) is 18.7 Å². The van der Waals surface area contributed by atoms with Gasteiger partial charge in [-0.05, 0) is 32.4 Å². The summed E-state index contributed by atoms with van der Waals surface area (Å²) in [6.07, 6.45) is -2.73. The minimum atomic E-state index is -2.96. The summed E-state index contributed by atoms with van der Waals surface area (Å²) in [5.74, 6) is -2.86. The summed E-state index contributed by atoms with van der Waals surface area (Å²) in [5, 5.41) is 0. The summed E-state index contributed by atoms with van der Waals surface area (Å²) in [6.45, 7) is -1.36. The van der Waals surface area contributed by atoms with Crippen LogP contribution in [0, 0.1) is 0 Å². The molecule has 98 valence electrons. The van der Waals surface area contributed by atoms with E-state index in [2.05, 4.69) is 4.98 Å². The number of amides is 1. The molecule has 2 rings (SSSR count). The van der Waals surface area contributed by atoms with Gasteiger partial charge in [0, 0.05) is 32.6 Å². The summed E-state index contributed by atoms with van der Waals surface area (Å²) in [5.41, 5.74) is 3.26. The highest BCUT2D eigenvalue weighted by Crippen LogP contribution is 2.28. The summed E-state index contributed by atoms with van der Waals surface area (Å²) < 4.78 is 69.1. The lowest BCUT2D eigenvalue weighted by Crippen LogP contribution is -2.50. The normalized spacial score (nSPS) is 30.1. The molecule has 0 radical (unpaired) electrons. The van der Waals surface area contributed by atoms with Gasteiger partial charge in [0.1, 0.15) is 5.60 Å². The van der Waals surface area contributed by atoms with E-state index in [1.807, 2.05) is 0 Å². The van der Waals surface area contributed by atoms with Gasteiger partial charge < -0.3 is 15.4 Å². The lowest BCUT2D eigenvalue weighted by molar-refractivity contribution is 0.00818. The molecule has 0 spiro atoms. The highest BCUT2D eigenvalue weighted by Gasteiger charge is 2.34. The van der Waals surface area contributed by atoms with Crippen LogP contribution in [0.15, 0.2) is 18.4 Å². The monoisotopic (exact) mass is 257 g/mol. The van der Waals surface area contributed by atoms with Gasteiger partial charge in [-0.15, -0.1) is 0 Å². The van der Waals surface area contributed by atoms with Gasteiger partial charge in [0.15, 0.2) is 0 Å². The van der Waals surface area contributed by atoms with Crippen molar-refractivity contribution in [3.63, 3.8) is 0 Å². The van der Waals surface area contributed by atoms with Crippen molar-refractivity contribution < 1.29 is 20.5 Å². The first-order valence-corrected chi connectivity index (χ1v) is 5.27. The van der Waals surface area contributed by atoms with Crippen LogP contribution in [0.5, 0.6) is 0 Å². The van der Waals surface area contributed by atoms with Crippen LogP contribution >= 0.6 is 0 Å². The number of hydrogen-bond donors (Lipinski definition) is 1. The predicted molar refractivity (Wildman–Crippen MR) is 69.2 cm³/mol. The fourth-order valence-electron chi connectivity index (χ4n) is 1.19. The molecular formula is C13H19N3O2. The Balaban J connectivity index is 2.62. The van der Waals surface area contributed by atoms with Gasteiger partial charge in [-0.25, -0.2) is 4.79 Å². The maximum Gasteiger partial charge on any atom is 0.410 e. The molecule has 5 heteroatoms. The van der Waals surface area contributed by atoms with E-state index in [1.54, 1.807) is 0 Å². The van der Waals surface area contributed by atoms with Crippen LogP contribution in [0.3, 0.4) is 0 Å². The smallest absolute Gasteiger partial charge is 0.410 e. The molecule has 0 bridgehead atoms. The van der Waals surface area contributed by atoms with Gasteiger partial charge in [0.05, 0.1) is 15.3 Å². The van der Waals surface area contributed by atoms with Crippen LogP contribution in [0.2, 0.25) is 0 Å². The van der Waals surface area contributed by atoms with Gasteiger partial charge in [-0.1, -0.05) is 0 Å². The zero-order valence-corrected chi connectivity index (χ0v) is 10.3. The van der Waals surface area contributed by atoms with Crippen LogP contribution < -0.4 is 5.73 Å². The van der Waals surface area contributed by atoms with Gasteiger partial charge >= 0.3 is 6.09 Å². The van der Waals surface area contributed by atoms with Crippen LogP contribution in [0.25, 0.3) is 0 Å². The number of pyridine rings is 1. The molecule has 18 heavy (non-hydrogen) atoms. The highest BCUT2D eigenvalue weighted by atomic mass is 16.6. The number of likely N-dealkylation sites (tertiary alicyclic amines) is 1. The Morgan fingerprint density at radius 1 is 1.67 bits per heavy atom. The molecule has 1 saturated heterocycles. The second-order valence-corrected chi connectivity index (χ2v) is 4.66. The molecule has 5 nitrogen and oxygen atoms in total. The second kappa shape index (κ2) is 4.48. The fourth-order valence-corrected chi connectivity index (χ4v) is 1.19. The molecule has 2 N–H and O–H groups in total. The Morgan fingerprint density at radius 2 is 2.33 bits per heavy atom. The third-order valence-corrected chi connectivity index (χ3v) is 1.88. The average Bonchev–Trinajstić information content (AvgIpc) is 2.41. The number of carbonyl (C=O) groups excluding carboxylic acids is 1. The van der Waals surface area contributed by atoms with Gasteiger partial charge in [0.25, 0.3) is 0 Å². The van der Waals surface area contributed by atoms with Crippen molar-refractivity contribution in [1.29, 1.82) is 0 Å². The zero-order chi connectivity index (χ0) is 20.5. The van der Waals surface area contributed by atoms with Crippen LogP contribution in [0.4, 0.5) is 10.5 Å². The number of nitrogens with zero attached hydrogens (tertiary/aromatic N) is 2. The number of anilines is 1. The molecule has 1 aliphatic heterocycles. The fraction of sp³-hybridized carbons (Fsp3) is 0.538.